The van der Waals surface area contributed by atoms with Gasteiger partial charge >= 0.3 is 5.97 Å². The Hall–Kier alpha value is -1.05. The smallest absolute Gasteiger partial charge is 0.333 e. The minimum atomic E-state index is -0.242. The molecule has 0 heterocycles. The Morgan fingerprint density at radius 2 is 2.00 bits per heavy atom. The van der Waals surface area contributed by atoms with Crippen molar-refractivity contribution < 1.29 is 9.53 Å². The largest absolute Gasteiger partial charge is 0.463 e. The summed E-state index contributed by atoms with van der Waals surface area (Å²) in [5, 5.41) is 0. The first kappa shape index (κ1) is 13.9. The predicted molar refractivity (Wildman–Crippen MR) is 63.7 cm³/mol. The molecule has 0 aliphatic heterocycles. The van der Waals surface area contributed by atoms with Crippen LogP contribution in [0.4, 0.5) is 0 Å². The Balaban J connectivity index is 3.99. The summed E-state index contributed by atoms with van der Waals surface area (Å²) in [4.78, 5) is 11.3. The Morgan fingerprint density at radius 1 is 1.33 bits per heavy atom. The summed E-state index contributed by atoms with van der Waals surface area (Å²) < 4.78 is 4.88. The van der Waals surface area contributed by atoms with Crippen molar-refractivity contribution in [3.8, 4) is 0 Å². The van der Waals surface area contributed by atoms with Crippen molar-refractivity contribution >= 4 is 5.97 Å². The molecule has 0 aromatic rings. The molecule has 0 radical (unpaired) electrons. The molecule has 0 unspecified atom stereocenters. The molecular formula is C13H22O2. The molecule has 0 aliphatic carbocycles. The molecule has 0 saturated carbocycles. The van der Waals surface area contributed by atoms with Crippen LogP contribution in [-0.2, 0) is 9.53 Å². The molecule has 0 amide bonds. The zero-order chi connectivity index (χ0) is 11.7. The molecule has 0 N–H and O–H groups in total. The van der Waals surface area contributed by atoms with Crippen LogP contribution in [0, 0.1) is 0 Å². The lowest BCUT2D eigenvalue weighted by atomic mass is 10.1. The van der Waals surface area contributed by atoms with Crippen LogP contribution in [0.25, 0.3) is 0 Å². The predicted octanol–water partition coefficient (Wildman–Crippen LogP) is 3.63. The van der Waals surface area contributed by atoms with Gasteiger partial charge in [0.1, 0.15) is 0 Å². The third-order valence-corrected chi connectivity index (χ3v) is 2.12. The highest BCUT2D eigenvalue weighted by Crippen LogP contribution is 2.11. The lowest BCUT2D eigenvalue weighted by molar-refractivity contribution is -0.138. The fourth-order valence-electron chi connectivity index (χ4n) is 1.28. The van der Waals surface area contributed by atoms with Gasteiger partial charge in [-0.3, -0.25) is 0 Å². The molecule has 0 aliphatic rings. The molecule has 0 spiro atoms. The van der Waals surface area contributed by atoms with Gasteiger partial charge in [0.25, 0.3) is 0 Å². The van der Waals surface area contributed by atoms with Gasteiger partial charge in [-0.1, -0.05) is 31.9 Å². The van der Waals surface area contributed by atoms with Gasteiger partial charge in [-0.25, -0.2) is 4.79 Å². The Kier molecular flexibility index (Phi) is 7.69. The SMILES string of the molecule is C=C(/C=C(\C)C(=O)OCC)CCCCC. The van der Waals surface area contributed by atoms with Crippen molar-refractivity contribution in [1.29, 1.82) is 0 Å². The fraction of sp³-hybridized carbons (Fsp3) is 0.615. The van der Waals surface area contributed by atoms with Crippen molar-refractivity contribution in [2.75, 3.05) is 6.61 Å². The third-order valence-electron chi connectivity index (χ3n) is 2.12. The normalized spacial score (nSPS) is 11.3. The Morgan fingerprint density at radius 3 is 2.53 bits per heavy atom. The molecule has 2 nitrogen and oxygen atoms in total. The lowest BCUT2D eigenvalue weighted by Crippen LogP contribution is -2.05. The molecule has 0 bridgehead atoms. The number of carbonyl (C=O) groups excluding carboxylic acids is 1. The van der Waals surface area contributed by atoms with Crippen LogP contribution in [0.2, 0.25) is 0 Å². The van der Waals surface area contributed by atoms with E-state index < -0.39 is 0 Å². The third kappa shape index (κ3) is 6.95. The van der Waals surface area contributed by atoms with Crippen LogP contribution in [0.5, 0.6) is 0 Å². The average Bonchev–Trinajstić information content (AvgIpc) is 2.18. The van der Waals surface area contributed by atoms with Crippen LogP contribution in [0.1, 0.15) is 46.5 Å². The summed E-state index contributed by atoms with van der Waals surface area (Å²) in [5.74, 6) is -0.242. The lowest BCUT2D eigenvalue weighted by Gasteiger charge is -2.03. The molecule has 0 saturated heterocycles. The van der Waals surface area contributed by atoms with Crippen molar-refractivity contribution in [2.45, 2.75) is 46.5 Å². The number of unbranched alkanes of at least 4 members (excludes halogenated alkanes) is 2. The van der Waals surface area contributed by atoms with Crippen molar-refractivity contribution in [3.05, 3.63) is 23.8 Å². The van der Waals surface area contributed by atoms with E-state index in [-0.39, 0.29) is 5.97 Å². The van der Waals surface area contributed by atoms with Crippen LogP contribution < -0.4 is 0 Å². The highest BCUT2D eigenvalue weighted by Gasteiger charge is 2.04. The van der Waals surface area contributed by atoms with E-state index in [1.165, 1.54) is 12.8 Å². The van der Waals surface area contributed by atoms with E-state index in [1.807, 2.05) is 6.08 Å². The van der Waals surface area contributed by atoms with E-state index in [0.29, 0.717) is 12.2 Å². The Labute approximate surface area is 93.0 Å². The first-order valence-corrected chi connectivity index (χ1v) is 5.65. The average molecular weight is 210 g/mol. The highest BCUT2D eigenvalue weighted by molar-refractivity contribution is 5.88. The second-order valence-corrected chi connectivity index (χ2v) is 3.66. The molecule has 2 heteroatoms. The number of ether oxygens (including phenoxy) is 1. The summed E-state index contributed by atoms with van der Waals surface area (Å²) in [6.07, 6.45) is 6.35. The fourth-order valence-corrected chi connectivity index (χ4v) is 1.28. The monoisotopic (exact) mass is 210 g/mol. The molecule has 86 valence electrons. The maximum absolute atomic E-state index is 11.3. The minimum absolute atomic E-state index is 0.242. The van der Waals surface area contributed by atoms with Gasteiger partial charge in [-0.05, 0) is 32.8 Å². The maximum atomic E-state index is 11.3. The molecule has 0 atom stereocenters. The van der Waals surface area contributed by atoms with Gasteiger partial charge in [0, 0.05) is 5.57 Å². The van der Waals surface area contributed by atoms with Crippen LogP contribution in [0.15, 0.2) is 23.8 Å². The number of hydrogen-bond acceptors (Lipinski definition) is 2. The van der Waals surface area contributed by atoms with Gasteiger partial charge in [0.2, 0.25) is 0 Å². The summed E-state index contributed by atoms with van der Waals surface area (Å²) in [6, 6.07) is 0. The molecule has 15 heavy (non-hydrogen) atoms. The van der Waals surface area contributed by atoms with Crippen LogP contribution in [-0.4, -0.2) is 12.6 Å². The van der Waals surface area contributed by atoms with E-state index in [4.69, 9.17) is 4.74 Å². The van der Waals surface area contributed by atoms with E-state index in [9.17, 15) is 4.79 Å². The second kappa shape index (κ2) is 8.27. The molecule has 0 aromatic carbocycles. The van der Waals surface area contributed by atoms with Gasteiger partial charge in [-0.2, -0.15) is 0 Å². The van der Waals surface area contributed by atoms with Crippen LogP contribution >= 0.6 is 0 Å². The number of rotatable bonds is 7. The van der Waals surface area contributed by atoms with Gasteiger partial charge < -0.3 is 4.74 Å². The zero-order valence-corrected chi connectivity index (χ0v) is 10.1. The van der Waals surface area contributed by atoms with Gasteiger partial charge in [0.05, 0.1) is 6.61 Å². The number of allylic oxidation sites excluding steroid dienone is 2. The number of esters is 1. The van der Waals surface area contributed by atoms with Crippen LogP contribution in [0.3, 0.4) is 0 Å². The van der Waals surface area contributed by atoms with E-state index in [2.05, 4.69) is 13.5 Å². The minimum Gasteiger partial charge on any atom is -0.463 e. The Bertz CT molecular complexity index is 239. The molecular weight excluding hydrogens is 188 g/mol. The first-order valence-electron chi connectivity index (χ1n) is 5.65. The number of hydrogen-bond donors (Lipinski definition) is 0. The zero-order valence-electron chi connectivity index (χ0n) is 10.1. The second-order valence-electron chi connectivity index (χ2n) is 3.66. The van der Waals surface area contributed by atoms with E-state index in [1.54, 1.807) is 13.8 Å². The molecule has 0 rings (SSSR count). The van der Waals surface area contributed by atoms with Gasteiger partial charge in [0.15, 0.2) is 0 Å². The van der Waals surface area contributed by atoms with E-state index in [0.717, 1.165) is 18.4 Å². The van der Waals surface area contributed by atoms with Crippen molar-refractivity contribution in [3.63, 3.8) is 0 Å². The summed E-state index contributed by atoms with van der Waals surface area (Å²) in [6.45, 7) is 10.1. The highest BCUT2D eigenvalue weighted by atomic mass is 16.5. The summed E-state index contributed by atoms with van der Waals surface area (Å²) in [5.41, 5.74) is 1.65. The standard InChI is InChI=1S/C13H22O2/c1-5-7-8-9-11(3)10-12(4)13(14)15-6-2/h10H,3,5-9H2,1-2,4H3/b12-10+. The first-order chi connectivity index (χ1) is 7.11. The molecule has 0 aromatic heterocycles. The van der Waals surface area contributed by atoms with Crippen molar-refractivity contribution in [2.24, 2.45) is 0 Å². The van der Waals surface area contributed by atoms with Gasteiger partial charge in [-0.15, -0.1) is 0 Å². The maximum Gasteiger partial charge on any atom is 0.333 e. The number of carbonyl (C=O) groups is 1. The summed E-state index contributed by atoms with van der Waals surface area (Å²) in [7, 11) is 0. The van der Waals surface area contributed by atoms with Crippen molar-refractivity contribution in [1.82, 2.24) is 0 Å². The molecule has 0 fully saturated rings. The summed E-state index contributed by atoms with van der Waals surface area (Å²) >= 11 is 0. The topological polar surface area (TPSA) is 26.3 Å². The quantitative estimate of drug-likeness (QED) is 0.277. The van der Waals surface area contributed by atoms with E-state index >= 15 is 0 Å².